The van der Waals surface area contributed by atoms with Crippen molar-refractivity contribution in [2.24, 2.45) is 11.7 Å². The van der Waals surface area contributed by atoms with E-state index in [1.165, 1.54) is 25.7 Å². The van der Waals surface area contributed by atoms with E-state index in [0.29, 0.717) is 5.92 Å². The first-order valence-corrected chi connectivity index (χ1v) is 7.16. The second-order valence-corrected chi connectivity index (χ2v) is 5.05. The Morgan fingerprint density at radius 3 is 2.56 bits per heavy atom. The lowest BCUT2D eigenvalue weighted by Crippen LogP contribution is -2.14. The van der Waals surface area contributed by atoms with Gasteiger partial charge in [0.25, 0.3) is 0 Å². The molecule has 0 saturated carbocycles. The maximum Gasteiger partial charge on any atom is 0.124 e. The van der Waals surface area contributed by atoms with Gasteiger partial charge >= 0.3 is 0 Å². The molecule has 0 aromatic heterocycles. The number of rotatable bonds is 8. The first kappa shape index (κ1) is 15.0. The van der Waals surface area contributed by atoms with Crippen LogP contribution in [-0.2, 0) is 0 Å². The van der Waals surface area contributed by atoms with Crippen molar-refractivity contribution in [2.45, 2.75) is 52.5 Å². The molecule has 2 N–H and O–H groups in total. The van der Waals surface area contributed by atoms with Gasteiger partial charge in [-0.3, -0.25) is 0 Å². The molecule has 102 valence electrons. The summed E-state index contributed by atoms with van der Waals surface area (Å²) < 4.78 is 5.97. The lowest BCUT2D eigenvalue weighted by Gasteiger charge is -2.18. The van der Waals surface area contributed by atoms with Gasteiger partial charge in [0.15, 0.2) is 0 Å². The molecule has 1 aromatic carbocycles. The summed E-state index contributed by atoms with van der Waals surface area (Å²) in [4.78, 5) is 0. The van der Waals surface area contributed by atoms with Crippen LogP contribution in [0, 0.1) is 5.92 Å². The maximum absolute atomic E-state index is 5.97. The van der Waals surface area contributed by atoms with E-state index in [-0.39, 0.29) is 6.04 Å². The molecule has 2 nitrogen and oxygen atoms in total. The predicted molar refractivity (Wildman–Crippen MR) is 77.8 cm³/mol. The summed E-state index contributed by atoms with van der Waals surface area (Å²) in [6.07, 6.45) is 4.98. The second kappa shape index (κ2) is 8.15. The Bertz CT molecular complexity index is 336. The van der Waals surface area contributed by atoms with Gasteiger partial charge in [-0.15, -0.1) is 0 Å². The zero-order valence-electron chi connectivity index (χ0n) is 12.0. The van der Waals surface area contributed by atoms with Crippen molar-refractivity contribution >= 4 is 0 Å². The van der Waals surface area contributed by atoms with Crippen LogP contribution in [0.4, 0.5) is 0 Å². The first-order valence-electron chi connectivity index (χ1n) is 7.16. The fourth-order valence-corrected chi connectivity index (χ4v) is 2.09. The van der Waals surface area contributed by atoms with Gasteiger partial charge in [-0.05, 0) is 25.3 Å². The molecule has 1 aromatic rings. The molecule has 2 unspecified atom stereocenters. The Labute approximate surface area is 112 Å². The Morgan fingerprint density at radius 2 is 1.94 bits per heavy atom. The van der Waals surface area contributed by atoms with Crippen LogP contribution < -0.4 is 10.5 Å². The zero-order valence-corrected chi connectivity index (χ0v) is 12.0. The normalized spacial score (nSPS) is 14.2. The summed E-state index contributed by atoms with van der Waals surface area (Å²) in [5.41, 5.74) is 7.05. The Kier molecular flexibility index (Phi) is 6.81. The molecule has 2 heteroatoms. The third kappa shape index (κ3) is 4.69. The average Bonchev–Trinajstić information content (AvgIpc) is 2.39. The lowest BCUT2D eigenvalue weighted by molar-refractivity contribution is 0.231. The van der Waals surface area contributed by atoms with E-state index in [9.17, 15) is 0 Å². The molecule has 18 heavy (non-hydrogen) atoms. The molecular weight excluding hydrogens is 222 g/mol. The van der Waals surface area contributed by atoms with E-state index in [2.05, 4.69) is 13.8 Å². The maximum atomic E-state index is 5.97. The van der Waals surface area contributed by atoms with Crippen molar-refractivity contribution < 1.29 is 4.74 Å². The minimum atomic E-state index is 0.0249. The average molecular weight is 249 g/mol. The summed E-state index contributed by atoms with van der Waals surface area (Å²) in [5.74, 6) is 1.61. The third-order valence-corrected chi connectivity index (χ3v) is 3.43. The number of unbranched alkanes of at least 4 members (excludes halogenated alkanes) is 1. The largest absolute Gasteiger partial charge is 0.493 e. The topological polar surface area (TPSA) is 35.2 Å². The molecule has 0 aliphatic rings. The van der Waals surface area contributed by atoms with Gasteiger partial charge in [-0.25, -0.2) is 0 Å². The quantitative estimate of drug-likeness (QED) is 0.745. The summed E-state index contributed by atoms with van der Waals surface area (Å²) in [7, 11) is 0. The summed E-state index contributed by atoms with van der Waals surface area (Å²) >= 11 is 0. The standard InChI is InChI=1S/C16H27NO/c1-4-6-9-14(5-2)12-18-16-11-8-7-10-15(16)13(3)17/h7-8,10-11,13-14H,4-6,9,12,17H2,1-3H3. The number of nitrogens with two attached hydrogens (primary N) is 1. The number of ether oxygens (including phenoxy) is 1. The summed E-state index contributed by atoms with van der Waals surface area (Å²) in [6.45, 7) is 7.27. The minimum Gasteiger partial charge on any atom is -0.493 e. The van der Waals surface area contributed by atoms with Gasteiger partial charge in [0, 0.05) is 11.6 Å². The van der Waals surface area contributed by atoms with E-state index in [0.717, 1.165) is 17.9 Å². The molecule has 0 radical (unpaired) electrons. The van der Waals surface area contributed by atoms with Crippen LogP contribution in [0.2, 0.25) is 0 Å². The number of hydrogen-bond acceptors (Lipinski definition) is 2. The van der Waals surface area contributed by atoms with Crippen LogP contribution in [0.25, 0.3) is 0 Å². The van der Waals surface area contributed by atoms with Crippen LogP contribution in [0.3, 0.4) is 0 Å². The number of hydrogen-bond donors (Lipinski definition) is 1. The molecule has 0 aliphatic heterocycles. The van der Waals surface area contributed by atoms with Gasteiger partial charge in [0.2, 0.25) is 0 Å². The van der Waals surface area contributed by atoms with Gasteiger partial charge in [-0.1, -0.05) is 51.3 Å². The van der Waals surface area contributed by atoms with Crippen LogP contribution in [0.1, 0.15) is 58.1 Å². The Balaban J connectivity index is 2.56. The van der Waals surface area contributed by atoms with Crippen molar-refractivity contribution in [1.82, 2.24) is 0 Å². The second-order valence-electron chi connectivity index (χ2n) is 5.05. The molecule has 0 saturated heterocycles. The highest BCUT2D eigenvalue weighted by molar-refractivity contribution is 5.35. The molecule has 0 heterocycles. The molecule has 0 spiro atoms. The van der Waals surface area contributed by atoms with Crippen LogP contribution >= 0.6 is 0 Å². The van der Waals surface area contributed by atoms with E-state index < -0.39 is 0 Å². The third-order valence-electron chi connectivity index (χ3n) is 3.43. The summed E-state index contributed by atoms with van der Waals surface area (Å²) in [6, 6.07) is 8.11. The van der Waals surface area contributed by atoms with Gasteiger partial charge < -0.3 is 10.5 Å². The molecular formula is C16H27NO. The van der Waals surface area contributed by atoms with Gasteiger partial charge in [-0.2, -0.15) is 0 Å². The Hall–Kier alpha value is -1.02. The van der Waals surface area contributed by atoms with Crippen molar-refractivity contribution in [3.63, 3.8) is 0 Å². The number of para-hydroxylation sites is 1. The highest BCUT2D eigenvalue weighted by Gasteiger charge is 2.10. The van der Waals surface area contributed by atoms with Crippen molar-refractivity contribution in [2.75, 3.05) is 6.61 Å². The molecule has 0 bridgehead atoms. The lowest BCUT2D eigenvalue weighted by atomic mass is 10.0. The van der Waals surface area contributed by atoms with Gasteiger partial charge in [0.05, 0.1) is 6.61 Å². The molecule has 0 amide bonds. The Morgan fingerprint density at radius 1 is 1.22 bits per heavy atom. The van der Waals surface area contributed by atoms with E-state index in [4.69, 9.17) is 10.5 Å². The molecule has 2 atom stereocenters. The van der Waals surface area contributed by atoms with Crippen LogP contribution in [0.15, 0.2) is 24.3 Å². The van der Waals surface area contributed by atoms with Crippen molar-refractivity contribution in [3.8, 4) is 5.75 Å². The molecule has 0 aliphatic carbocycles. The van der Waals surface area contributed by atoms with E-state index in [1.807, 2.05) is 31.2 Å². The molecule has 1 rings (SSSR count). The van der Waals surface area contributed by atoms with E-state index >= 15 is 0 Å². The highest BCUT2D eigenvalue weighted by Crippen LogP contribution is 2.24. The summed E-state index contributed by atoms with van der Waals surface area (Å²) in [5, 5.41) is 0. The fourth-order valence-electron chi connectivity index (χ4n) is 2.09. The number of benzene rings is 1. The SMILES string of the molecule is CCCCC(CC)COc1ccccc1C(C)N. The fraction of sp³-hybridized carbons (Fsp3) is 0.625. The van der Waals surface area contributed by atoms with Crippen LogP contribution in [-0.4, -0.2) is 6.61 Å². The van der Waals surface area contributed by atoms with Crippen LogP contribution in [0.5, 0.6) is 5.75 Å². The van der Waals surface area contributed by atoms with Crippen molar-refractivity contribution in [1.29, 1.82) is 0 Å². The first-order chi connectivity index (χ1) is 8.69. The van der Waals surface area contributed by atoms with Gasteiger partial charge in [0.1, 0.15) is 5.75 Å². The minimum absolute atomic E-state index is 0.0249. The zero-order chi connectivity index (χ0) is 13.4. The van der Waals surface area contributed by atoms with Crippen molar-refractivity contribution in [3.05, 3.63) is 29.8 Å². The monoisotopic (exact) mass is 249 g/mol. The predicted octanol–water partition coefficient (Wildman–Crippen LogP) is 4.30. The highest BCUT2D eigenvalue weighted by atomic mass is 16.5. The molecule has 0 fully saturated rings. The smallest absolute Gasteiger partial charge is 0.124 e. The van der Waals surface area contributed by atoms with E-state index in [1.54, 1.807) is 0 Å².